The fourth-order valence-electron chi connectivity index (χ4n) is 3.06. The number of carbonyl (C=O) groups excluding carboxylic acids is 2. The zero-order valence-corrected chi connectivity index (χ0v) is 16.9. The van der Waals surface area contributed by atoms with Crippen LogP contribution in [0, 0.1) is 0 Å². The fourth-order valence-corrected chi connectivity index (χ4v) is 4.70. The third-order valence-corrected chi connectivity index (χ3v) is 6.43. The zero-order chi connectivity index (χ0) is 19.5. The highest BCUT2D eigenvalue weighted by Crippen LogP contribution is 2.29. The Labute approximate surface area is 170 Å². The number of fused-ring (bicyclic) bond motifs is 1. The summed E-state index contributed by atoms with van der Waals surface area (Å²) in [5.74, 6) is 0.725. The van der Waals surface area contributed by atoms with E-state index in [9.17, 15) is 9.59 Å². The lowest BCUT2D eigenvalue weighted by molar-refractivity contribution is -0.131. The molecule has 144 valence electrons. The van der Waals surface area contributed by atoms with Crippen molar-refractivity contribution in [2.75, 3.05) is 19.0 Å². The van der Waals surface area contributed by atoms with Gasteiger partial charge in [-0.1, -0.05) is 29.5 Å². The number of ether oxygens (including phenoxy) is 1. The second kappa shape index (κ2) is 8.12. The largest absolute Gasteiger partial charge is 0.497 e. The van der Waals surface area contributed by atoms with Crippen molar-refractivity contribution in [1.82, 2.24) is 9.88 Å². The van der Waals surface area contributed by atoms with Crippen molar-refractivity contribution in [3.63, 3.8) is 0 Å². The summed E-state index contributed by atoms with van der Waals surface area (Å²) >= 11 is 2.84. The van der Waals surface area contributed by atoms with Gasteiger partial charge in [-0.2, -0.15) is 0 Å². The van der Waals surface area contributed by atoms with Gasteiger partial charge in [-0.3, -0.25) is 14.9 Å². The Kier molecular flexibility index (Phi) is 5.40. The predicted octanol–water partition coefficient (Wildman–Crippen LogP) is 3.59. The van der Waals surface area contributed by atoms with Gasteiger partial charge in [0.05, 0.1) is 30.6 Å². The lowest BCUT2D eigenvalue weighted by Crippen LogP contribution is -2.36. The van der Waals surface area contributed by atoms with Crippen molar-refractivity contribution in [2.45, 2.75) is 19.4 Å². The van der Waals surface area contributed by atoms with Crippen LogP contribution in [0.5, 0.6) is 5.75 Å². The molecule has 6 nitrogen and oxygen atoms in total. The average molecular weight is 414 g/mol. The number of hydrogen-bond acceptors (Lipinski definition) is 6. The smallest absolute Gasteiger partial charge is 0.267 e. The Morgan fingerprint density at radius 3 is 2.79 bits per heavy atom. The van der Waals surface area contributed by atoms with Gasteiger partial charge in [0.15, 0.2) is 5.13 Å². The van der Waals surface area contributed by atoms with Crippen LogP contribution < -0.4 is 10.1 Å². The number of aromatic nitrogens is 1. The van der Waals surface area contributed by atoms with Gasteiger partial charge in [0.1, 0.15) is 5.75 Å². The maximum atomic E-state index is 12.7. The summed E-state index contributed by atoms with van der Waals surface area (Å²) < 4.78 is 5.15. The molecule has 28 heavy (non-hydrogen) atoms. The summed E-state index contributed by atoms with van der Waals surface area (Å²) in [5, 5.41) is 5.32. The molecule has 1 aromatic carbocycles. The summed E-state index contributed by atoms with van der Waals surface area (Å²) in [4.78, 5) is 33.0. The number of amides is 2. The van der Waals surface area contributed by atoms with E-state index < -0.39 is 0 Å². The summed E-state index contributed by atoms with van der Waals surface area (Å²) in [6.45, 7) is 1.18. The van der Waals surface area contributed by atoms with Crippen LogP contribution in [0.25, 0.3) is 0 Å². The van der Waals surface area contributed by atoms with Gasteiger partial charge in [-0.15, -0.1) is 11.3 Å². The maximum absolute atomic E-state index is 12.7. The number of benzene rings is 1. The molecular formula is C20H19N3O3S2. The molecule has 0 radical (unpaired) electrons. The van der Waals surface area contributed by atoms with Crippen molar-refractivity contribution in [1.29, 1.82) is 0 Å². The van der Waals surface area contributed by atoms with E-state index in [1.807, 2.05) is 40.6 Å². The zero-order valence-electron chi connectivity index (χ0n) is 15.3. The molecule has 3 aromatic rings. The Hall–Kier alpha value is -2.71. The molecule has 0 unspecified atom stereocenters. The van der Waals surface area contributed by atoms with Gasteiger partial charge in [0.25, 0.3) is 5.91 Å². The molecule has 2 amide bonds. The molecule has 4 rings (SSSR count). The maximum Gasteiger partial charge on any atom is 0.267 e. The van der Waals surface area contributed by atoms with Crippen molar-refractivity contribution >= 4 is 39.6 Å². The van der Waals surface area contributed by atoms with Crippen LogP contribution in [0.1, 0.15) is 25.8 Å². The normalized spacial score (nSPS) is 13.1. The number of thiazole rings is 1. The molecule has 1 aliphatic heterocycles. The minimum Gasteiger partial charge on any atom is -0.497 e. The first-order valence-electron chi connectivity index (χ1n) is 8.86. The number of hydrogen-bond donors (Lipinski definition) is 1. The second-order valence-corrected chi connectivity index (χ2v) is 8.44. The Balaban J connectivity index is 1.39. The second-order valence-electron chi connectivity index (χ2n) is 6.41. The first-order chi connectivity index (χ1) is 13.6. The van der Waals surface area contributed by atoms with Gasteiger partial charge in [-0.05, 0) is 29.1 Å². The minimum atomic E-state index is -0.145. The third kappa shape index (κ3) is 4.07. The Bertz CT molecular complexity index is 981. The summed E-state index contributed by atoms with van der Waals surface area (Å²) in [7, 11) is 1.62. The molecule has 3 heterocycles. The van der Waals surface area contributed by atoms with Crippen molar-refractivity contribution in [3.8, 4) is 5.75 Å². The monoisotopic (exact) mass is 413 g/mol. The molecule has 0 bridgehead atoms. The van der Waals surface area contributed by atoms with Crippen LogP contribution in [0.3, 0.4) is 0 Å². The molecule has 0 saturated carbocycles. The van der Waals surface area contributed by atoms with Gasteiger partial charge >= 0.3 is 0 Å². The van der Waals surface area contributed by atoms with Crippen LogP contribution in [-0.4, -0.2) is 35.4 Å². The van der Waals surface area contributed by atoms with Crippen molar-refractivity contribution in [2.24, 2.45) is 0 Å². The summed E-state index contributed by atoms with van der Waals surface area (Å²) in [5.41, 5.74) is 1.93. The van der Waals surface area contributed by atoms with E-state index in [1.165, 1.54) is 22.7 Å². The van der Waals surface area contributed by atoms with Crippen LogP contribution in [0.15, 0.2) is 41.8 Å². The lowest BCUT2D eigenvalue weighted by atomic mass is 10.1. The Morgan fingerprint density at radius 1 is 1.25 bits per heavy atom. The SMILES string of the molecule is COc1ccc(CC(=O)N2CCc3nc(NC(=O)c4cccs4)sc3C2)cc1. The molecule has 8 heteroatoms. The predicted molar refractivity (Wildman–Crippen MR) is 110 cm³/mol. The van der Waals surface area contributed by atoms with Gasteiger partial charge in [0, 0.05) is 17.8 Å². The highest BCUT2D eigenvalue weighted by molar-refractivity contribution is 7.16. The lowest BCUT2D eigenvalue weighted by Gasteiger charge is -2.26. The molecule has 0 atom stereocenters. The fraction of sp³-hybridized carbons (Fsp3) is 0.250. The summed E-state index contributed by atoms with van der Waals surface area (Å²) in [6.07, 6.45) is 1.06. The molecule has 1 aliphatic rings. The number of rotatable bonds is 5. The highest BCUT2D eigenvalue weighted by Gasteiger charge is 2.24. The van der Waals surface area contributed by atoms with E-state index in [0.717, 1.165) is 21.9 Å². The topological polar surface area (TPSA) is 71.5 Å². The van der Waals surface area contributed by atoms with E-state index in [0.29, 0.717) is 35.9 Å². The quantitative estimate of drug-likeness (QED) is 0.694. The molecule has 2 aromatic heterocycles. The van der Waals surface area contributed by atoms with E-state index in [-0.39, 0.29) is 11.8 Å². The van der Waals surface area contributed by atoms with E-state index in [2.05, 4.69) is 10.3 Å². The average Bonchev–Trinajstić information content (AvgIpc) is 3.37. The molecule has 0 fully saturated rings. The number of nitrogens with one attached hydrogen (secondary N) is 1. The van der Waals surface area contributed by atoms with E-state index in [4.69, 9.17) is 4.74 Å². The van der Waals surface area contributed by atoms with Crippen LogP contribution in [-0.2, 0) is 24.2 Å². The standard InChI is InChI=1S/C20H19N3O3S2/c1-26-14-6-4-13(5-7-14)11-18(24)23-9-8-15-17(12-23)28-20(21-15)22-19(25)16-3-2-10-27-16/h2-7,10H,8-9,11-12H2,1H3,(H,21,22,25). The van der Waals surface area contributed by atoms with Gasteiger partial charge < -0.3 is 9.64 Å². The number of carbonyl (C=O) groups is 2. The van der Waals surface area contributed by atoms with Gasteiger partial charge in [0.2, 0.25) is 5.91 Å². The number of nitrogens with zero attached hydrogens (tertiary/aromatic N) is 2. The molecule has 0 saturated heterocycles. The third-order valence-electron chi connectivity index (χ3n) is 4.56. The number of anilines is 1. The van der Waals surface area contributed by atoms with Gasteiger partial charge in [-0.25, -0.2) is 4.98 Å². The first kappa shape index (κ1) is 18.6. The molecule has 0 spiro atoms. The van der Waals surface area contributed by atoms with Crippen LogP contribution >= 0.6 is 22.7 Å². The van der Waals surface area contributed by atoms with Crippen molar-refractivity contribution in [3.05, 3.63) is 62.8 Å². The highest BCUT2D eigenvalue weighted by atomic mass is 32.1. The number of thiophene rings is 1. The molecule has 0 aliphatic carbocycles. The van der Waals surface area contributed by atoms with Crippen LogP contribution in [0.2, 0.25) is 0 Å². The van der Waals surface area contributed by atoms with Crippen molar-refractivity contribution < 1.29 is 14.3 Å². The van der Waals surface area contributed by atoms with Crippen LogP contribution in [0.4, 0.5) is 5.13 Å². The number of methoxy groups -OCH3 is 1. The Morgan fingerprint density at radius 2 is 2.07 bits per heavy atom. The molecular weight excluding hydrogens is 394 g/mol. The minimum absolute atomic E-state index is 0.0911. The molecule has 1 N–H and O–H groups in total. The summed E-state index contributed by atoms with van der Waals surface area (Å²) in [6, 6.07) is 11.2. The van der Waals surface area contributed by atoms with E-state index >= 15 is 0 Å². The van der Waals surface area contributed by atoms with E-state index in [1.54, 1.807) is 13.2 Å². The first-order valence-corrected chi connectivity index (χ1v) is 10.6.